The lowest BCUT2D eigenvalue weighted by molar-refractivity contribution is 0.140. The number of unbranched alkanes of at least 4 members (excludes halogenated alkanes) is 1. The van der Waals surface area contributed by atoms with E-state index in [9.17, 15) is 0 Å². The molecule has 1 aromatic carbocycles. The van der Waals surface area contributed by atoms with Gasteiger partial charge in [0.25, 0.3) is 0 Å². The number of nitrogens with zero attached hydrogens (tertiary/aromatic N) is 3. The van der Waals surface area contributed by atoms with Crippen LogP contribution in [0.2, 0.25) is 0 Å². The first kappa shape index (κ1) is 15.9. The zero-order valence-electron chi connectivity index (χ0n) is 12.8. The first-order valence-corrected chi connectivity index (χ1v) is 8.52. The van der Waals surface area contributed by atoms with Gasteiger partial charge in [-0.15, -0.1) is 10.2 Å². The van der Waals surface area contributed by atoms with Crippen LogP contribution in [0, 0.1) is 0 Å². The maximum atomic E-state index is 5.59. The molecule has 7 nitrogen and oxygen atoms in total. The molecule has 122 valence electrons. The van der Waals surface area contributed by atoms with E-state index in [0.717, 1.165) is 59.7 Å². The van der Waals surface area contributed by atoms with Crippen LogP contribution in [0.5, 0.6) is 0 Å². The summed E-state index contributed by atoms with van der Waals surface area (Å²) in [6, 6.07) is 4.12. The van der Waals surface area contributed by atoms with Gasteiger partial charge in [-0.25, -0.2) is 0 Å². The zero-order valence-corrected chi connectivity index (χ0v) is 13.6. The Morgan fingerprint density at radius 2 is 2.22 bits per heavy atom. The van der Waals surface area contributed by atoms with Crippen molar-refractivity contribution in [3.63, 3.8) is 0 Å². The van der Waals surface area contributed by atoms with E-state index in [4.69, 9.17) is 10.5 Å². The number of aromatic nitrogens is 4. The SMILES string of the molecule is NCCCCOCCNc1cc(-c2nncs2)cc2[nH]ncc12. The molecule has 3 aromatic rings. The molecule has 4 N–H and O–H groups in total. The molecule has 0 aliphatic rings. The molecule has 0 amide bonds. The van der Waals surface area contributed by atoms with Crippen molar-refractivity contribution < 1.29 is 4.74 Å². The van der Waals surface area contributed by atoms with Gasteiger partial charge in [-0.1, -0.05) is 11.3 Å². The van der Waals surface area contributed by atoms with Crippen molar-refractivity contribution in [2.45, 2.75) is 12.8 Å². The maximum absolute atomic E-state index is 5.59. The molecule has 3 rings (SSSR count). The molecule has 0 fully saturated rings. The molecule has 0 radical (unpaired) electrons. The van der Waals surface area contributed by atoms with Gasteiger partial charge < -0.3 is 15.8 Å². The van der Waals surface area contributed by atoms with E-state index < -0.39 is 0 Å². The number of hydrogen-bond acceptors (Lipinski definition) is 7. The molecule has 0 saturated heterocycles. The summed E-state index contributed by atoms with van der Waals surface area (Å²) in [4.78, 5) is 0. The van der Waals surface area contributed by atoms with Gasteiger partial charge in [0.15, 0.2) is 0 Å². The third kappa shape index (κ3) is 4.04. The van der Waals surface area contributed by atoms with Gasteiger partial charge in [0.1, 0.15) is 10.5 Å². The van der Waals surface area contributed by atoms with Crippen LogP contribution in [0.15, 0.2) is 23.8 Å². The monoisotopic (exact) mass is 332 g/mol. The lowest BCUT2D eigenvalue weighted by Crippen LogP contribution is -2.11. The Bertz CT molecular complexity index is 727. The Kier molecular flexibility index (Phi) is 5.51. The van der Waals surface area contributed by atoms with Gasteiger partial charge in [0.05, 0.1) is 18.3 Å². The molecule has 0 saturated carbocycles. The topological polar surface area (TPSA) is 102 Å². The first-order chi connectivity index (χ1) is 11.4. The van der Waals surface area contributed by atoms with E-state index >= 15 is 0 Å². The molecule has 8 heteroatoms. The van der Waals surface area contributed by atoms with Crippen molar-refractivity contribution in [2.75, 3.05) is 31.6 Å². The second-order valence-electron chi connectivity index (χ2n) is 5.13. The summed E-state index contributed by atoms with van der Waals surface area (Å²) in [5.41, 5.74) is 10.2. The summed E-state index contributed by atoms with van der Waals surface area (Å²) >= 11 is 1.52. The number of fused-ring (bicyclic) bond motifs is 1. The molecule has 0 unspecified atom stereocenters. The Morgan fingerprint density at radius 3 is 3.04 bits per heavy atom. The highest BCUT2D eigenvalue weighted by atomic mass is 32.1. The largest absolute Gasteiger partial charge is 0.382 e. The summed E-state index contributed by atoms with van der Waals surface area (Å²) in [5.74, 6) is 0. The van der Waals surface area contributed by atoms with Gasteiger partial charge in [-0.05, 0) is 31.5 Å². The molecular formula is C15H20N6OS. The van der Waals surface area contributed by atoms with Crippen LogP contribution in [0.4, 0.5) is 5.69 Å². The van der Waals surface area contributed by atoms with Crippen molar-refractivity contribution in [2.24, 2.45) is 5.73 Å². The Labute approximate surface area is 138 Å². The minimum Gasteiger partial charge on any atom is -0.382 e. The van der Waals surface area contributed by atoms with Gasteiger partial charge in [0, 0.05) is 29.8 Å². The fourth-order valence-corrected chi connectivity index (χ4v) is 2.87. The molecule has 0 atom stereocenters. The molecule has 2 aromatic heterocycles. The fourth-order valence-electron chi connectivity index (χ4n) is 2.33. The summed E-state index contributed by atoms with van der Waals surface area (Å²) in [7, 11) is 0. The van der Waals surface area contributed by atoms with Crippen LogP contribution in [0.1, 0.15) is 12.8 Å². The molecule has 0 aliphatic heterocycles. The summed E-state index contributed by atoms with van der Waals surface area (Å²) in [6.45, 7) is 2.87. The number of anilines is 1. The predicted molar refractivity (Wildman–Crippen MR) is 92.6 cm³/mol. The highest BCUT2D eigenvalue weighted by Crippen LogP contribution is 2.30. The average Bonchev–Trinajstić information content (AvgIpc) is 3.24. The molecule has 0 aliphatic carbocycles. The minimum absolute atomic E-state index is 0.660. The molecule has 2 heterocycles. The van der Waals surface area contributed by atoms with E-state index in [1.54, 1.807) is 5.51 Å². The van der Waals surface area contributed by atoms with Crippen LogP contribution in [0.25, 0.3) is 21.5 Å². The predicted octanol–water partition coefficient (Wildman–Crippen LogP) is 2.25. The quantitative estimate of drug-likeness (QED) is 0.520. The normalized spacial score (nSPS) is 11.2. The standard InChI is InChI=1S/C15H20N6OS/c16-3-1-2-5-22-6-4-17-13-7-11(15-21-19-10-23-15)8-14-12(13)9-18-20-14/h7-10,17H,1-6,16H2,(H,18,20). The van der Waals surface area contributed by atoms with Crippen LogP contribution in [0.3, 0.4) is 0 Å². The number of nitrogens with one attached hydrogen (secondary N) is 2. The summed E-state index contributed by atoms with van der Waals surface area (Å²) in [6.07, 6.45) is 3.84. The van der Waals surface area contributed by atoms with Crippen LogP contribution < -0.4 is 11.1 Å². The Hall–Kier alpha value is -2.03. The van der Waals surface area contributed by atoms with Gasteiger partial charge >= 0.3 is 0 Å². The van der Waals surface area contributed by atoms with Gasteiger partial charge in [-0.3, -0.25) is 5.10 Å². The number of nitrogens with two attached hydrogens (primary N) is 1. The van der Waals surface area contributed by atoms with Crippen molar-refractivity contribution in [1.29, 1.82) is 0 Å². The van der Waals surface area contributed by atoms with E-state index in [-0.39, 0.29) is 0 Å². The number of ether oxygens (including phenoxy) is 1. The van der Waals surface area contributed by atoms with E-state index in [0.29, 0.717) is 6.61 Å². The number of benzene rings is 1. The summed E-state index contributed by atoms with van der Waals surface area (Å²) < 4.78 is 5.59. The number of aromatic amines is 1. The summed E-state index contributed by atoms with van der Waals surface area (Å²) in [5, 5.41) is 20.5. The van der Waals surface area contributed by atoms with Crippen molar-refractivity contribution in [1.82, 2.24) is 20.4 Å². The number of hydrogen-bond donors (Lipinski definition) is 3. The molecular weight excluding hydrogens is 312 g/mol. The average molecular weight is 332 g/mol. The lowest BCUT2D eigenvalue weighted by atomic mass is 10.1. The highest BCUT2D eigenvalue weighted by molar-refractivity contribution is 7.12. The maximum Gasteiger partial charge on any atom is 0.147 e. The smallest absolute Gasteiger partial charge is 0.147 e. The highest BCUT2D eigenvalue weighted by Gasteiger charge is 2.09. The van der Waals surface area contributed by atoms with Gasteiger partial charge in [0.2, 0.25) is 0 Å². The molecule has 23 heavy (non-hydrogen) atoms. The van der Waals surface area contributed by atoms with Gasteiger partial charge in [-0.2, -0.15) is 5.10 Å². The zero-order chi connectivity index (χ0) is 15.9. The second kappa shape index (κ2) is 8.00. The minimum atomic E-state index is 0.660. The van der Waals surface area contributed by atoms with Crippen molar-refractivity contribution in [3.05, 3.63) is 23.8 Å². The fraction of sp³-hybridized carbons (Fsp3) is 0.400. The van der Waals surface area contributed by atoms with E-state index in [1.165, 1.54) is 11.3 Å². The molecule has 0 bridgehead atoms. The Balaban J connectivity index is 1.64. The number of rotatable bonds is 9. The van der Waals surface area contributed by atoms with Crippen LogP contribution in [-0.4, -0.2) is 46.7 Å². The van der Waals surface area contributed by atoms with Crippen LogP contribution >= 0.6 is 11.3 Å². The first-order valence-electron chi connectivity index (χ1n) is 7.64. The second-order valence-corrected chi connectivity index (χ2v) is 5.97. The third-order valence-corrected chi connectivity index (χ3v) is 4.21. The van der Waals surface area contributed by atoms with Crippen molar-refractivity contribution in [3.8, 4) is 10.6 Å². The third-order valence-electron chi connectivity index (χ3n) is 3.47. The van der Waals surface area contributed by atoms with E-state index in [2.05, 4.69) is 31.8 Å². The van der Waals surface area contributed by atoms with E-state index in [1.807, 2.05) is 12.3 Å². The van der Waals surface area contributed by atoms with Crippen LogP contribution in [-0.2, 0) is 4.74 Å². The molecule has 0 spiro atoms. The lowest BCUT2D eigenvalue weighted by Gasteiger charge is -2.10. The van der Waals surface area contributed by atoms with Crippen molar-refractivity contribution >= 4 is 27.9 Å². The number of H-pyrrole nitrogens is 1. The Morgan fingerprint density at radius 1 is 1.26 bits per heavy atom.